The molecule has 1 fully saturated rings. The fourth-order valence-corrected chi connectivity index (χ4v) is 3.51. The summed E-state index contributed by atoms with van der Waals surface area (Å²) < 4.78 is 7.91. The summed E-state index contributed by atoms with van der Waals surface area (Å²) in [5, 5.41) is 4.30. The van der Waals surface area contributed by atoms with E-state index in [0.29, 0.717) is 6.04 Å². The summed E-state index contributed by atoms with van der Waals surface area (Å²) in [5.41, 5.74) is 2.44. The average Bonchev–Trinajstić information content (AvgIpc) is 3.20. The van der Waals surface area contributed by atoms with E-state index >= 15 is 0 Å². The number of hydrogen-bond acceptors (Lipinski definition) is 5. The van der Waals surface area contributed by atoms with Crippen LogP contribution in [0.5, 0.6) is 11.5 Å². The van der Waals surface area contributed by atoms with Crippen molar-refractivity contribution in [2.45, 2.75) is 32.4 Å². The van der Waals surface area contributed by atoms with Gasteiger partial charge in [-0.3, -0.25) is 9.88 Å². The molecule has 1 unspecified atom stereocenters. The van der Waals surface area contributed by atoms with Crippen LogP contribution in [-0.2, 0) is 6.54 Å². The number of benzene rings is 1. The van der Waals surface area contributed by atoms with Crippen LogP contribution >= 0.6 is 0 Å². The smallest absolute Gasteiger partial charge is 0.145 e. The molecule has 3 heterocycles. The van der Waals surface area contributed by atoms with Crippen molar-refractivity contribution < 1.29 is 4.74 Å². The highest BCUT2D eigenvalue weighted by Crippen LogP contribution is 2.27. The van der Waals surface area contributed by atoms with Gasteiger partial charge in [0.15, 0.2) is 0 Å². The minimum absolute atomic E-state index is 0.417. The Bertz CT molecular complexity index is 835. The third-order valence-electron chi connectivity index (χ3n) is 4.80. The third-order valence-corrected chi connectivity index (χ3v) is 4.80. The number of pyridine rings is 1. The molecule has 1 atom stereocenters. The zero-order valence-electron chi connectivity index (χ0n) is 15.0. The first-order valence-corrected chi connectivity index (χ1v) is 9.02. The molecule has 1 aliphatic heterocycles. The molecule has 2 aromatic heterocycles. The van der Waals surface area contributed by atoms with Crippen molar-refractivity contribution in [1.82, 2.24) is 24.6 Å². The standard InChI is InChI=1S/C20H23N5O/c1-16-10-17(6-7-20(16)26-19-5-2-8-21-11-19)12-24-9-3-4-18(13-24)25-15-22-14-23-25/h2,5-8,10-11,14-15,18H,3-4,9,12-13H2,1H3. The molecule has 0 saturated carbocycles. The lowest BCUT2D eigenvalue weighted by Crippen LogP contribution is -2.36. The quantitative estimate of drug-likeness (QED) is 0.704. The highest BCUT2D eigenvalue weighted by molar-refractivity contribution is 5.39. The minimum Gasteiger partial charge on any atom is -0.455 e. The number of piperidine rings is 1. The normalized spacial score (nSPS) is 18.0. The van der Waals surface area contributed by atoms with Gasteiger partial charge in [-0.25, -0.2) is 9.67 Å². The van der Waals surface area contributed by atoms with E-state index in [2.05, 4.69) is 45.1 Å². The molecule has 6 nitrogen and oxygen atoms in total. The molecule has 1 saturated heterocycles. The number of ether oxygens (including phenoxy) is 1. The zero-order chi connectivity index (χ0) is 17.8. The lowest BCUT2D eigenvalue weighted by atomic mass is 10.0. The molecule has 0 aliphatic carbocycles. The zero-order valence-corrected chi connectivity index (χ0v) is 15.0. The van der Waals surface area contributed by atoms with E-state index < -0.39 is 0 Å². The Hall–Kier alpha value is -2.73. The van der Waals surface area contributed by atoms with Crippen LogP contribution in [0.25, 0.3) is 0 Å². The van der Waals surface area contributed by atoms with Crippen LogP contribution in [0.2, 0.25) is 0 Å². The average molecular weight is 349 g/mol. The van der Waals surface area contributed by atoms with Gasteiger partial charge in [0.2, 0.25) is 0 Å². The fraction of sp³-hybridized carbons (Fsp3) is 0.350. The predicted molar refractivity (Wildman–Crippen MR) is 99.1 cm³/mol. The molecule has 0 spiro atoms. The van der Waals surface area contributed by atoms with Gasteiger partial charge in [-0.2, -0.15) is 5.10 Å². The molecule has 4 rings (SSSR count). The van der Waals surface area contributed by atoms with Crippen LogP contribution < -0.4 is 4.74 Å². The lowest BCUT2D eigenvalue weighted by molar-refractivity contribution is 0.163. The van der Waals surface area contributed by atoms with E-state index in [9.17, 15) is 0 Å². The van der Waals surface area contributed by atoms with Gasteiger partial charge in [0.25, 0.3) is 0 Å². The van der Waals surface area contributed by atoms with Crippen molar-refractivity contribution in [1.29, 1.82) is 0 Å². The van der Waals surface area contributed by atoms with Crippen molar-refractivity contribution in [2.75, 3.05) is 13.1 Å². The topological polar surface area (TPSA) is 56.1 Å². The summed E-state index contributed by atoms with van der Waals surface area (Å²) >= 11 is 0. The van der Waals surface area contributed by atoms with E-state index in [-0.39, 0.29) is 0 Å². The molecule has 3 aromatic rings. The number of aromatic nitrogens is 4. The second-order valence-corrected chi connectivity index (χ2v) is 6.80. The number of hydrogen-bond donors (Lipinski definition) is 0. The third kappa shape index (κ3) is 3.91. The first-order valence-electron chi connectivity index (χ1n) is 9.02. The second-order valence-electron chi connectivity index (χ2n) is 6.80. The summed E-state index contributed by atoms with van der Waals surface area (Å²) in [5.74, 6) is 1.64. The molecule has 26 heavy (non-hydrogen) atoms. The summed E-state index contributed by atoms with van der Waals surface area (Å²) in [6.45, 7) is 5.16. The summed E-state index contributed by atoms with van der Waals surface area (Å²) in [7, 11) is 0. The Labute approximate surface area is 153 Å². The van der Waals surface area contributed by atoms with Crippen LogP contribution in [0.4, 0.5) is 0 Å². The second kappa shape index (κ2) is 7.66. The van der Waals surface area contributed by atoms with Crippen LogP contribution in [-0.4, -0.2) is 37.7 Å². The van der Waals surface area contributed by atoms with E-state index in [0.717, 1.165) is 43.1 Å². The van der Waals surface area contributed by atoms with Gasteiger partial charge in [0.05, 0.1) is 12.2 Å². The Balaban J connectivity index is 1.41. The first-order chi connectivity index (χ1) is 12.8. The van der Waals surface area contributed by atoms with Crippen LogP contribution in [0.15, 0.2) is 55.4 Å². The molecule has 1 aromatic carbocycles. The van der Waals surface area contributed by atoms with Gasteiger partial charge < -0.3 is 4.74 Å². The first kappa shape index (κ1) is 16.7. The number of nitrogens with zero attached hydrogens (tertiary/aromatic N) is 5. The van der Waals surface area contributed by atoms with Crippen molar-refractivity contribution >= 4 is 0 Å². The molecule has 0 N–H and O–H groups in total. The largest absolute Gasteiger partial charge is 0.455 e. The van der Waals surface area contributed by atoms with Crippen LogP contribution in [0.3, 0.4) is 0 Å². The highest BCUT2D eigenvalue weighted by atomic mass is 16.5. The number of rotatable bonds is 5. The molecule has 1 aliphatic rings. The molecule has 0 bridgehead atoms. The van der Waals surface area contributed by atoms with Gasteiger partial charge in [-0.05, 0) is 55.6 Å². The Kier molecular flexibility index (Phi) is 4.93. The monoisotopic (exact) mass is 349 g/mol. The maximum Gasteiger partial charge on any atom is 0.145 e. The van der Waals surface area contributed by atoms with Gasteiger partial charge in [0, 0.05) is 19.3 Å². The van der Waals surface area contributed by atoms with Crippen LogP contribution in [0.1, 0.15) is 30.0 Å². The molecular weight excluding hydrogens is 326 g/mol. The molecule has 134 valence electrons. The van der Waals surface area contributed by atoms with Crippen molar-refractivity contribution in [3.8, 4) is 11.5 Å². The van der Waals surface area contributed by atoms with Gasteiger partial charge in [-0.15, -0.1) is 0 Å². The molecule has 0 amide bonds. The summed E-state index contributed by atoms with van der Waals surface area (Å²) in [6, 6.07) is 10.6. The fourth-order valence-electron chi connectivity index (χ4n) is 3.51. The minimum atomic E-state index is 0.417. The van der Waals surface area contributed by atoms with E-state index in [1.54, 1.807) is 18.7 Å². The highest BCUT2D eigenvalue weighted by Gasteiger charge is 2.21. The van der Waals surface area contributed by atoms with Gasteiger partial charge in [-0.1, -0.05) is 12.1 Å². The Morgan fingerprint density at radius 3 is 2.96 bits per heavy atom. The van der Waals surface area contributed by atoms with Crippen molar-refractivity contribution in [3.63, 3.8) is 0 Å². The van der Waals surface area contributed by atoms with Gasteiger partial charge in [0.1, 0.15) is 24.2 Å². The summed E-state index contributed by atoms with van der Waals surface area (Å²) in [4.78, 5) is 10.7. The summed E-state index contributed by atoms with van der Waals surface area (Å²) in [6.07, 6.45) is 9.26. The van der Waals surface area contributed by atoms with E-state index in [1.165, 1.54) is 12.0 Å². The molecule has 6 heteroatoms. The molecular formula is C20H23N5O. The number of aryl methyl sites for hydroxylation is 1. The maximum absolute atomic E-state index is 5.93. The lowest BCUT2D eigenvalue weighted by Gasteiger charge is -2.32. The SMILES string of the molecule is Cc1cc(CN2CCCC(n3cncn3)C2)ccc1Oc1cccnc1. The molecule has 0 radical (unpaired) electrons. The maximum atomic E-state index is 5.93. The Morgan fingerprint density at radius 2 is 2.19 bits per heavy atom. The predicted octanol–water partition coefficient (Wildman–Crippen LogP) is 3.61. The van der Waals surface area contributed by atoms with Crippen LogP contribution in [0, 0.1) is 6.92 Å². The van der Waals surface area contributed by atoms with Gasteiger partial charge >= 0.3 is 0 Å². The van der Waals surface area contributed by atoms with E-state index in [4.69, 9.17) is 4.74 Å². The Morgan fingerprint density at radius 1 is 1.23 bits per heavy atom. The van der Waals surface area contributed by atoms with Crippen molar-refractivity contribution in [3.05, 3.63) is 66.5 Å². The van der Waals surface area contributed by atoms with E-state index in [1.807, 2.05) is 23.1 Å². The van der Waals surface area contributed by atoms with Crippen molar-refractivity contribution in [2.24, 2.45) is 0 Å². The number of likely N-dealkylation sites (tertiary alicyclic amines) is 1.